The minimum Gasteiger partial charge on any atom is -0.302 e. The average Bonchev–Trinajstić information content (AvgIpc) is 2.47. The summed E-state index contributed by atoms with van der Waals surface area (Å²) < 4.78 is 3.27. The van der Waals surface area contributed by atoms with Crippen LogP contribution in [0.1, 0.15) is 32.0 Å². The van der Waals surface area contributed by atoms with Crippen LogP contribution in [0.15, 0.2) is 22.9 Å². The minimum atomic E-state index is 0.119. The lowest BCUT2D eigenvalue weighted by atomic mass is 9.93. The zero-order valence-electron chi connectivity index (χ0n) is 9.50. The van der Waals surface area contributed by atoms with E-state index in [4.69, 9.17) is 0 Å². The molecule has 0 radical (unpaired) electrons. The number of halogens is 1. The second-order valence-electron chi connectivity index (χ2n) is 4.93. The lowest BCUT2D eigenvalue weighted by Gasteiger charge is -2.18. The van der Waals surface area contributed by atoms with Gasteiger partial charge < -0.3 is 4.40 Å². The van der Waals surface area contributed by atoms with E-state index in [-0.39, 0.29) is 5.41 Å². The monoisotopic (exact) mass is 266 g/mol. The van der Waals surface area contributed by atoms with Gasteiger partial charge in [-0.1, -0.05) is 20.8 Å². The zero-order valence-corrected chi connectivity index (χ0v) is 11.1. The van der Waals surface area contributed by atoms with Crippen LogP contribution in [0.4, 0.5) is 0 Å². The number of hydrogen-bond acceptors (Lipinski definition) is 1. The predicted molar refractivity (Wildman–Crippen MR) is 66.3 cm³/mol. The largest absolute Gasteiger partial charge is 0.302 e. The number of hydrogen-bond donors (Lipinski definition) is 0. The van der Waals surface area contributed by atoms with E-state index < -0.39 is 0 Å². The summed E-state index contributed by atoms with van der Waals surface area (Å²) in [5, 5.41) is 0. The van der Waals surface area contributed by atoms with E-state index in [1.54, 1.807) is 0 Å². The fourth-order valence-corrected chi connectivity index (χ4v) is 1.97. The highest BCUT2D eigenvalue weighted by atomic mass is 79.9. The first-order valence-corrected chi connectivity index (χ1v) is 5.82. The van der Waals surface area contributed by atoms with Gasteiger partial charge in [-0.3, -0.25) is 0 Å². The summed E-state index contributed by atoms with van der Waals surface area (Å²) in [4.78, 5) is 4.43. The van der Waals surface area contributed by atoms with Crippen LogP contribution in [0.5, 0.6) is 0 Å². The number of aromatic nitrogens is 2. The molecule has 0 N–H and O–H groups in total. The van der Waals surface area contributed by atoms with Crippen LogP contribution in [0.2, 0.25) is 0 Å². The second-order valence-corrected chi connectivity index (χ2v) is 5.78. The number of pyridine rings is 1. The Hall–Kier alpha value is -0.830. The van der Waals surface area contributed by atoms with Gasteiger partial charge in [0, 0.05) is 28.0 Å². The molecule has 3 heteroatoms. The van der Waals surface area contributed by atoms with Gasteiger partial charge in [-0.2, -0.15) is 0 Å². The molecule has 0 bridgehead atoms. The summed E-state index contributed by atoms with van der Waals surface area (Å²) in [5.74, 6) is 0. The maximum absolute atomic E-state index is 4.43. The van der Waals surface area contributed by atoms with Crippen LogP contribution in [0.3, 0.4) is 0 Å². The molecule has 0 unspecified atom stereocenters. The fourth-order valence-electron chi connectivity index (χ4n) is 1.65. The van der Waals surface area contributed by atoms with Gasteiger partial charge >= 0.3 is 0 Å². The van der Waals surface area contributed by atoms with Gasteiger partial charge in [-0.15, -0.1) is 0 Å². The molecule has 0 amide bonds. The second kappa shape index (κ2) is 3.34. The zero-order chi connectivity index (χ0) is 11.2. The van der Waals surface area contributed by atoms with E-state index >= 15 is 0 Å². The maximum Gasteiger partial charge on any atom is 0.137 e. The third kappa shape index (κ3) is 1.81. The van der Waals surface area contributed by atoms with E-state index in [2.05, 4.69) is 65.3 Å². The van der Waals surface area contributed by atoms with Crippen LogP contribution in [0.25, 0.3) is 5.65 Å². The highest BCUT2D eigenvalue weighted by molar-refractivity contribution is 9.10. The molecule has 0 aliphatic heterocycles. The lowest BCUT2D eigenvalue weighted by molar-refractivity contribution is 0.563. The van der Waals surface area contributed by atoms with Crippen molar-refractivity contribution in [2.24, 2.45) is 0 Å². The molecule has 0 aliphatic carbocycles. The van der Waals surface area contributed by atoms with Crippen molar-refractivity contribution < 1.29 is 0 Å². The lowest BCUT2D eigenvalue weighted by Crippen LogP contribution is -2.14. The van der Waals surface area contributed by atoms with Crippen molar-refractivity contribution in [1.82, 2.24) is 9.38 Å². The summed E-state index contributed by atoms with van der Waals surface area (Å²) in [6.45, 7) is 8.67. The molecule has 0 saturated carbocycles. The summed E-state index contributed by atoms with van der Waals surface area (Å²) in [6, 6.07) is 2.10. The smallest absolute Gasteiger partial charge is 0.137 e. The number of aryl methyl sites for hydroxylation is 1. The molecule has 2 heterocycles. The number of fused-ring (bicyclic) bond motifs is 1. The first-order valence-electron chi connectivity index (χ1n) is 5.03. The Bertz CT molecular complexity index is 506. The van der Waals surface area contributed by atoms with E-state index in [9.17, 15) is 0 Å². The van der Waals surface area contributed by atoms with Crippen molar-refractivity contribution in [3.05, 3.63) is 34.2 Å². The Morgan fingerprint density at radius 1 is 1.33 bits per heavy atom. The molecule has 2 rings (SSSR count). The van der Waals surface area contributed by atoms with Gasteiger partial charge in [0.1, 0.15) is 5.65 Å². The van der Waals surface area contributed by atoms with Crippen molar-refractivity contribution in [2.75, 3.05) is 0 Å². The van der Waals surface area contributed by atoms with Crippen molar-refractivity contribution in [2.45, 2.75) is 33.1 Å². The maximum atomic E-state index is 4.43. The Kier molecular flexibility index (Phi) is 2.38. The molecule has 0 spiro atoms. The summed E-state index contributed by atoms with van der Waals surface area (Å²) in [6.07, 6.45) is 4.06. The molecule has 0 saturated heterocycles. The molecule has 0 aromatic carbocycles. The topological polar surface area (TPSA) is 17.3 Å². The van der Waals surface area contributed by atoms with Crippen molar-refractivity contribution >= 4 is 21.6 Å². The van der Waals surface area contributed by atoms with Crippen LogP contribution >= 0.6 is 15.9 Å². The van der Waals surface area contributed by atoms with Gasteiger partial charge in [0.25, 0.3) is 0 Å². The summed E-state index contributed by atoms with van der Waals surface area (Å²) in [7, 11) is 0. The molecule has 0 aliphatic rings. The van der Waals surface area contributed by atoms with E-state index in [1.165, 1.54) is 11.3 Å². The Balaban J connectivity index is 2.75. The van der Waals surface area contributed by atoms with Crippen molar-refractivity contribution in [1.29, 1.82) is 0 Å². The third-order valence-corrected chi connectivity index (χ3v) is 3.39. The third-order valence-electron chi connectivity index (χ3n) is 2.56. The molecule has 2 nitrogen and oxygen atoms in total. The Labute approximate surface area is 98.5 Å². The molecule has 2 aromatic rings. The minimum absolute atomic E-state index is 0.119. The van der Waals surface area contributed by atoms with Gasteiger partial charge in [-0.25, -0.2) is 4.98 Å². The number of nitrogens with zero attached hydrogens (tertiary/aromatic N) is 2. The van der Waals surface area contributed by atoms with E-state index in [1.807, 2.05) is 6.20 Å². The van der Waals surface area contributed by atoms with Crippen molar-refractivity contribution in [3.8, 4) is 0 Å². The molecule has 0 atom stereocenters. The standard InChI is InChI=1S/C12H15BrN2/c1-8-5-11-14-6-10(12(2,3)4)15(11)7-9(8)13/h5-7H,1-4H3. The molecule has 2 aromatic heterocycles. The van der Waals surface area contributed by atoms with Gasteiger partial charge in [0.2, 0.25) is 0 Å². The number of imidazole rings is 1. The fraction of sp³-hybridized carbons (Fsp3) is 0.417. The highest BCUT2D eigenvalue weighted by Crippen LogP contribution is 2.25. The van der Waals surface area contributed by atoms with E-state index in [0.717, 1.165) is 10.1 Å². The van der Waals surface area contributed by atoms with Gasteiger partial charge in [0.05, 0.1) is 0 Å². The summed E-state index contributed by atoms with van der Waals surface area (Å²) >= 11 is 3.55. The Morgan fingerprint density at radius 2 is 2.00 bits per heavy atom. The molecular weight excluding hydrogens is 252 g/mol. The van der Waals surface area contributed by atoms with Crippen LogP contribution in [0, 0.1) is 6.92 Å². The van der Waals surface area contributed by atoms with Gasteiger partial charge in [0.15, 0.2) is 0 Å². The molecule has 15 heavy (non-hydrogen) atoms. The van der Waals surface area contributed by atoms with E-state index in [0.29, 0.717) is 0 Å². The summed E-state index contributed by atoms with van der Waals surface area (Å²) in [5.41, 5.74) is 3.58. The van der Waals surface area contributed by atoms with Crippen LogP contribution < -0.4 is 0 Å². The van der Waals surface area contributed by atoms with Crippen LogP contribution in [-0.4, -0.2) is 9.38 Å². The average molecular weight is 267 g/mol. The normalized spacial score (nSPS) is 12.3. The molecule has 80 valence electrons. The number of rotatable bonds is 0. The first kappa shape index (κ1) is 10.7. The predicted octanol–water partition coefficient (Wildman–Crippen LogP) is 3.70. The Morgan fingerprint density at radius 3 is 2.60 bits per heavy atom. The van der Waals surface area contributed by atoms with Gasteiger partial charge in [-0.05, 0) is 34.5 Å². The first-order chi connectivity index (χ1) is 6.89. The van der Waals surface area contributed by atoms with Crippen LogP contribution in [-0.2, 0) is 5.41 Å². The molecular formula is C12H15BrN2. The van der Waals surface area contributed by atoms with Crippen molar-refractivity contribution in [3.63, 3.8) is 0 Å². The SMILES string of the molecule is Cc1cc2ncc(C(C)(C)C)n2cc1Br. The highest BCUT2D eigenvalue weighted by Gasteiger charge is 2.18. The molecule has 0 fully saturated rings. The quantitative estimate of drug-likeness (QED) is 0.711.